The van der Waals surface area contributed by atoms with Crippen LogP contribution in [-0.4, -0.2) is 32.8 Å². The highest BCUT2D eigenvalue weighted by Crippen LogP contribution is 2.11. The number of H-pyrrole nitrogens is 1. The van der Waals surface area contributed by atoms with Crippen LogP contribution < -0.4 is 5.32 Å². The number of nitrogens with zero attached hydrogens (tertiary/aromatic N) is 1. The molecule has 0 saturated heterocycles. The molecule has 0 spiro atoms. The van der Waals surface area contributed by atoms with Crippen LogP contribution in [0.25, 0.3) is 0 Å². The monoisotopic (exact) mass is 261 g/mol. The van der Waals surface area contributed by atoms with Crippen LogP contribution in [0.15, 0.2) is 6.33 Å². The maximum absolute atomic E-state index is 5.03. The summed E-state index contributed by atoms with van der Waals surface area (Å²) in [6.07, 6.45) is 3.72. The van der Waals surface area contributed by atoms with E-state index in [1.807, 2.05) is 24.9 Å². The van der Waals surface area contributed by atoms with Crippen LogP contribution in [-0.2, 0) is 5.75 Å². The Morgan fingerprint density at radius 1 is 1.67 bits per heavy atom. The summed E-state index contributed by atoms with van der Waals surface area (Å²) in [5, 5.41) is 3.17. The van der Waals surface area contributed by atoms with Crippen molar-refractivity contribution in [3.05, 3.63) is 17.7 Å². The standard InChI is InChI=1S/C9H15N3S3/c1-7-8(12-6-11-7)5-15-4-3-10-9(13)14-2/h6H,3-5H2,1-2H3,(H,10,13)(H,11,12). The van der Waals surface area contributed by atoms with Crippen molar-refractivity contribution in [1.29, 1.82) is 0 Å². The summed E-state index contributed by atoms with van der Waals surface area (Å²) in [5.74, 6) is 2.01. The number of nitrogens with one attached hydrogen (secondary N) is 2. The molecular weight excluding hydrogens is 246 g/mol. The molecule has 0 atom stereocenters. The second-order valence-corrected chi connectivity index (χ2v) is 5.53. The molecule has 0 aliphatic rings. The molecule has 0 saturated carbocycles. The lowest BCUT2D eigenvalue weighted by atomic mass is 10.4. The van der Waals surface area contributed by atoms with Crippen LogP contribution in [0.2, 0.25) is 0 Å². The predicted octanol–water partition coefficient (Wildman–Crippen LogP) is 2.19. The van der Waals surface area contributed by atoms with Gasteiger partial charge < -0.3 is 10.3 Å². The van der Waals surface area contributed by atoms with Crippen LogP contribution in [0.3, 0.4) is 0 Å². The van der Waals surface area contributed by atoms with Crippen LogP contribution >= 0.6 is 35.7 Å². The third kappa shape index (κ3) is 4.90. The zero-order chi connectivity index (χ0) is 11.1. The summed E-state index contributed by atoms with van der Waals surface area (Å²) in [5.41, 5.74) is 2.31. The van der Waals surface area contributed by atoms with E-state index in [1.165, 1.54) is 0 Å². The lowest BCUT2D eigenvalue weighted by Crippen LogP contribution is -2.20. The average Bonchev–Trinajstić information content (AvgIpc) is 2.63. The molecule has 1 aromatic rings. The number of aromatic nitrogens is 2. The Morgan fingerprint density at radius 3 is 3.07 bits per heavy atom. The molecule has 0 radical (unpaired) electrons. The molecule has 0 amide bonds. The molecule has 15 heavy (non-hydrogen) atoms. The maximum atomic E-state index is 5.03. The normalized spacial score (nSPS) is 10.3. The summed E-state index contributed by atoms with van der Waals surface area (Å²) in [7, 11) is 0. The minimum absolute atomic E-state index is 0.867. The lowest BCUT2D eigenvalue weighted by Gasteiger charge is -2.04. The number of rotatable bonds is 5. The van der Waals surface area contributed by atoms with Crippen molar-refractivity contribution >= 4 is 40.1 Å². The number of hydrogen-bond acceptors (Lipinski definition) is 4. The topological polar surface area (TPSA) is 40.7 Å². The number of thiocarbonyl (C=S) groups is 1. The number of thioether (sulfide) groups is 2. The zero-order valence-electron chi connectivity index (χ0n) is 8.87. The molecule has 0 unspecified atom stereocenters. The number of aryl methyl sites for hydroxylation is 1. The number of hydrogen-bond donors (Lipinski definition) is 2. The highest BCUT2D eigenvalue weighted by molar-refractivity contribution is 8.22. The third-order valence-corrected chi connectivity index (χ3v) is 4.00. The quantitative estimate of drug-likeness (QED) is 0.628. The molecule has 0 fully saturated rings. The Kier molecular flexibility index (Phi) is 6.12. The van der Waals surface area contributed by atoms with Gasteiger partial charge in [-0.15, -0.1) is 11.8 Å². The van der Waals surface area contributed by atoms with Crippen molar-refractivity contribution in [1.82, 2.24) is 15.3 Å². The van der Waals surface area contributed by atoms with Gasteiger partial charge in [-0.2, -0.15) is 11.8 Å². The highest BCUT2D eigenvalue weighted by atomic mass is 32.2. The lowest BCUT2D eigenvalue weighted by molar-refractivity contribution is 1.00. The van der Waals surface area contributed by atoms with Gasteiger partial charge in [0.15, 0.2) is 0 Å². The molecule has 0 aromatic carbocycles. The van der Waals surface area contributed by atoms with E-state index in [9.17, 15) is 0 Å². The van der Waals surface area contributed by atoms with E-state index in [-0.39, 0.29) is 0 Å². The molecule has 0 aliphatic heterocycles. The van der Waals surface area contributed by atoms with E-state index in [2.05, 4.69) is 15.3 Å². The smallest absolute Gasteiger partial charge is 0.133 e. The minimum atomic E-state index is 0.867. The summed E-state index contributed by atoms with van der Waals surface area (Å²) in [6, 6.07) is 0. The summed E-state index contributed by atoms with van der Waals surface area (Å²) in [6.45, 7) is 2.97. The van der Waals surface area contributed by atoms with Crippen LogP contribution in [0, 0.1) is 6.92 Å². The molecule has 1 aromatic heterocycles. The van der Waals surface area contributed by atoms with Crippen LogP contribution in [0.5, 0.6) is 0 Å². The Hall–Kier alpha value is -0.200. The van der Waals surface area contributed by atoms with Crippen molar-refractivity contribution in [2.75, 3.05) is 18.6 Å². The molecule has 3 nitrogen and oxygen atoms in total. The minimum Gasteiger partial charge on any atom is -0.370 e. The van der Waals surface area contributed by atoms with Gasteiger partial charge in [0.05, 0.1) is 12.0 Å². The van der Waals surface area contributed by atoms with Gasteiger partial charge in [-0.05, 0) is 13.2 Å². The van der Waals surface area contributed by atoms with E-state index in [1.54, 1.807) is 18.1 Å². The van der Waals surface area contributed by atoms with Gasteiger partial charge in [0, 0.05) is 23.7 Å². The fourth-order valence-corrected chi connectivity index (χ4v) is 2.22. The summed E-state index contributed by atoms with van der Waals surface area (Å²) < 4.78 is 0.867. The van der Waals surface area contributed by atoms with E-state index in [4.69, 9.17) is 12.2 Å². The molecule has 6 heteroatoms. The SMILES string of the molecule is CSC(=S)NCCSCc1nc[nH]c1C. The fourth-order valence-electron chi connectivity index (χ4n) is 0.999. The van der Waals surface area contributed by atoms with Gasteiger partial charge in [-0.3, -0.25) is 0 Å². The highest BCUT2D eigenvalue weighted by Gasteiger charge is 2.00. The Morgan fingerprint density at radius 2 is 2.47 bits per heavy atom. The van der Waals surface area contributed by atoms with E-state index in [0.29, 0.717) is 0 Å². The largest absolute Gasteiger partial charge is 0.370 e. The predicted molar refractivity (Wildman–Crippen MR) is 73.6 cm³/mol. The summed E-state index contributed by atoms with van der Waals surface area (Å²) >= 11 is 8.47. The first-order valence-electron chi connectivity index (χ1n) is 4.62. The molecule has 84 valence electrons. The van der Waals surface area contributed by atoms with E-state index < -0.39 is 0 Å². The Labute approximate surface area is 104 Å². The molecule has 1 heterocycles. The molecule has 0 aliphatic carbocycles. The molecule has 1 rings (SSSR count). The first kappa shape index (κ1) is 12.9. The second-order valence-electron chi connectivity index (χ2n) is 2.95. The zero-order valence-corrected chi connectivity index (χ0v) is 11.3. The fraction of sp³-hybridized carbons (Fsp3) is 0.556. The van der Waals surface area contributed by atoms with E-state index in [0.717, 1.165) is 33.8 Å². The van der Waals surface area contributed by atoms with Crippen molar-refractivity contribution in [3.63, 3.8) is 0 Å². The Balaban J connectivity index is 2.07. The van der Waals surface area contributed by atoms with Gasteiger partial charge in [-0.25, -0.2) is 4.98 Å². The van der Waals surface area contributed by atoms with Crippen molar-refractivity contribution in [2.24, 2.45) is 0 Å². The van der Waals surface area contributed by atoms with E-state index >= 15 is 0 Å². The maximum Gasteiger partial charge on any atom is 0.133 e. The van der Waals surface area contributed by atoms with Gasteiger partial charge in [0.2, 0.25) is 0 Å². The van der Waals surface area contributed by atoms with Gasteiger partial charge in [0.1, 0.15) is 4.32 Å². The second kappa shape index (κ2) is 7.14. The molecule has 0 bridgehead atoms. The van der Waals surface area contributed by atoms with Crippen molar-refractivity contribution < 1.29 is 0 Å². The molecule has 2 N–H and O–H groups in total. The van der Waals surface area contributed by atoms with Gasteiger partial charge in [-0.1, -0.05) is 12.2 Å². The number of imidazole rings is 1. The Bertz CT molecular complexity index is 311. The molecular formula is C9H15N3S3. The number of aromatic amines is 1. The summed E-state index contributed by atoms with van der Waals surface area (Å²) in [4.78, 5) is 7.31. The first-order valence-corrected chi connectivity index (χ1v) is 7.41. The van der Waals surface area contributed by atoms with Crippen molar-refractivity contribution in [2.45, 2.75) is 12.7 Å². The van der Waals surface area contributed by atoms with Gasteiger partial charge >= 0.3 is 0 Å². The van der Waals surface area contributed by atoms with Gasteiger partial charge in [0.25, 0.3) is 0 Å². The van der Waals surface area contributed by atoms with Crippen molar-refractivity contribution in [3.8, 4) is 0 Å². The van der Waals surface area contributed by atoms with Crippen LogP contribution in [0.4, 0.5) is 0 Å². The van der Waals surface area contributed by atoms with Crippen LogP contribution in [0.1, 0.15) is 11.4 Å². The first-order chi connectivity index (χ1) is 7.24. The average molecular weight is 261 g/mol. The third-order valence-electron chi connectivity index (χ3n) is 1.87.